The molecule has 1 heterocycles. The molecule has 1 rings (SSSR count). The zero-order chi connectivity index (χ0) is 12.2. The highest BCUT2D eigenvalue weighted by Crippen LogP contribution is 2.24. The van der Waals surface area contributed by atoms with E-state index >= 15 is 0 Å². The summed E-state index contributed by atoms with van der Waals surface area (Å²) < 4.78 is 1.09. The van der Waals surface area contributed by atoms with Crippen LogP contribution in [0, 0.1) is 0 Å². The molecule has 1 fully saturated rings. The number of rotatable bonds is 5. The maximum absolute atomic E-state index is 3.97. The second-order valence-corrected chi connectivity index (χ2v) is 5.97. The Hall–Kier alpha value is 0.140. The Balaban J connectivity index is 2.71. The van der Waals surface area contributed by atoms with Crippen LogP contribution in [0.15, 0.2) is 11.1 Å². The van der Waals surface area contributed by atoms with Crippen LogP contribution in [-0.2, 0) is 0 Å². The van der Waals surface area contributed by atoms with Crippen molar-refractivity contribution in [3.8, 4) is 0 Å². The summed E-state index contributed by atoms with van der Waals surface area (Å²) in [7, 11) is 0. The van der Waals surface area contributed by atoms with Gasteiger partial charge in [-0.25, -0.2) is 0 Å². The van der Waals surface area contributed by atoms with Crippen molar-refractivity contribution < 1.29 is 0 Å². The first-order chi connectivity index (χ1) is 7.56. The first-order valence-electron chi connectivity index (χ1n) is 6.39. The van der Waals surface area contributed by atoms with Crippen LogP contribution in [0.1, 0.15) is 40.0 Å². The Morgan fingerprint density at radius 3 is 2.50 bits per heavy atom. The monoisotopic (exact) mass is 288 g/mol. The van der Waals surface area contributed by atoms with E-state index in [9.17, 15) is 0 Å². The molecule has 0 aliphatic carbocycles. The van der Waals surface area contributed by atoms with Gasteiger partial charge in [-0.1, -0.05) is 43.3 Å². The van der Waals surface area contributed by atoms with Crippen molar-refractivity contribution in [2.24, 2.45) is 0 Å². The second kappa shape index (κ2) is 6.18. The van der Waals surface area contributed by atoms with E-state index in [1.807, 2.05) is 0 Å². The van der Waals surface area contributed by atoms with E-state index in [0.29, 0.717) is 11.6 Å². The molecule has 0 saturated carbocycles. The highest BCUT2D eigenvalue weighted by molar-refractivity contribution is 9.11. The standard InChI is InChI=1S/C13H25BrN2/c1-5-12-8-15-13(6-2,7-3)10-16(12)9-11(4)14/h12,15H,4-10H2,1-3H3. The molecule has 0 aromatic heterocycles. The summed E-state index contributed by atoms with van der Waals surface area (Å²) in [6.45, 7) is 14.0. The lowest BCUT2D eigenvalue weighted by Gasteiger charge is -2.47. The number of nitrogens with zero attached hydrogens (tertiary/aromatic N) is 1. The molecule has 1 aliphatic heterocycles. The second-order valence-electron chi connectivity index (χ2n) is 4.85. The number of halogens is 1. The quantitative estimate of drug-likeness (QED) is 0.836. The average Bonchev–Trinajstić information content (AvgIpc) is 2.28. The molecule has 0 aromatic carbocycles. The Labute approximate surface area is 109 Å². The van der Waals surface area contributed by atoms with Crippen LogP contribution in [0.2, 0.25) is 0 Å². The molecular weight excluding hydrogens is 264 g/mol. The summed E-state index contributed by atoms with van der Waals surface area (Å²) in [6, 6.07) is 0.653. The lowest BCUT2D eigenvalue weighted by molar-refractivity contribution is 0.0804. The molecule has 0 spiro atoms. The van der Waals surface area contributed by atoms with Crippen molar-refractivity contribution in [1.29, 1.82) is 0 Å². The van der Waals surface area contributed by atoms with E-state index < -0.39 is 0 Å². The van der Waals surface area contributed by atoms with Gasteiger partial charge >= 0.3 is 0 Å². The van der Waals surface area contributed by atoms with Gasteiger partial charge in [0.05, 0.1) is 0 Å². The summed E-state index contributed by atoms with van der Waals surface area (Å²) in [5, 5.41) is 3.75. The third-order valence-corrected chi connectivity index (χ3v) is 4.19. The fourth-order valence-electron chi connectivity index (χ4n) is 2.57. The van der Waals surface area contributed by atoms with Crippen LogP contribution < -0.4 is 5.32 Å². The number of piperazine rings is 1. The predicted octanol–water partition coefficient (Wildman–Crippen LogP) is 3.14. The third-order valence-electron chi connectivity index (χ3n) is 3.93. The first kappa shape index (κ1) is 14.2. The van der Waals surface area contributed by atoms with Gasteiger partial charge in [0.1, 0.15) is 0 Å². The van der Waals surface area contributed by atoms with Crippen LogP contribution in [0.5, 0.6) is 0 Å². The van der Waals surface area contributed by atoms with Gasteiger partial charge in [0.15, 0.2) is 0 Å². The highest BCUT2D eigenvalue weighted by Gasteiger charge is 2.35. The zero-order valence-corrected chi connectivity index (χ0v) is 12.4. The third kappa shape index (κ3) is 3.31. The van der Waals surface area contributed by atoms with Crippen LogP contribution in [0.25, 0.3) is 0 Å². The Kier molecular flexibility index (Phi) is 5.48. The fourth-order valence-corrected chi connectivity index (χ4v) is 2.89. The topological polar surface area (TPSA) is 15.3 Å². The summed E-state index contributed by atoms with van der Waals surface area (Å²) >= 11 is 3.49. The lowest BCUT2D eigenvalue weighted by Crippen LogP contribution is -2.63. The average molecular weight is 289 g/mol. The Morgan fingerprint density at radius 2 is 2.06 bits per heavy atom. The largest absolute Gasteiger partial charge is 0.308 e. The van der Waals surface area contributed by atoms with E-state index in [4.69, 9.17) is 0 Å². The molecular formula is C13H25BrN2. The molecule has 1 saturated heterocycles. The smallest absolute Gasteiger partial charge is 0.0304 e. The van der Waals surface area contributed by atoms with Crippen molar-refractivity contribution in [1.82, 2.24) is 10.2 Å². The van der Waals surface area contributed by atoms with Gasteiger partial charge in [0.25, 0.3) is 0 Å². The van der Waals surface area contributed by atoms with Crippen LogP contribution in [0.4, 0.5) is 0 Å². The zero-order valence-electron chi connectivity index (χ0n) is 10.9. The van der Waals surface area contributed by atoms with E-state index in [1.165, 1.54) is 19.3 Å². The number of nitrogens with one attached hydrogen (secondary N) is 1. The summed E-state index contributed by atoms with van der Waals surface area (Å²) in [4.78, 5) is 2.57. The highest BCUT2D eigenvalue weighted by atomic mass is 79.9. The summed E-state index contributed by atoms with van der Waals surface area (Å²) in [5.74, 6) is 0. The van der Waals surface area contributed by atoms with E-state index in [0.717, 1.165) is 24.1 Å². The van der Waals surface area contributed by atoms with Gasteiger partial charge in [-0.2, -0.15) is 0 Å². The van der Waals surface area contributed by atoms with Gasteiger partial charge in [0.2, 0.25) is 0 Å². The van der Waals surface area contributed by atoms with Crippen molar-refractivity contribution in [3.05, 3.63) is 11.1 Å². The molecule has 0 amide bonds. The van der Waals surface area contributed by atoms with Crippen LogP contribution >= 0.6 is 15.9 Å². The van der Waals surface area contributed by atoms with Gasteiger partial charge in [-0.3, -0.25) is 4.90 Å². The normalized spacial score (nSPS) is 25.6. The van der Waals surface area contributed by atoms with Crippen LogP contribution in [-0.4, -0.2) is 36.1 Å². The SMILES string of the molecule is C=C(Br)CN1CC(CC)(CC)NCC1CC. The molecule has 94 valence electrons. The minimum Gasteiger partial charge on any atom is -0.308 e. The maximum Gasteiger partial charge on any atom is 0.0304 e. The minimum absolute atomic E-state index is 0.314. The molecule has 1 unspecified atom stereocenters. The maximum atomic E-state index is 3.97. The first-order valence-corrected chi connectivity index (χ1v) is 7.18. The number of hydrogen-bond donors (Lipinski definition) is 1. The van der Waals surface area contributed by atoms with E-state index in [-0.39, 0.29) is 0 Å². The summed E-state index contributed by atoms with van der Waals surface area (Å²) in [6.07, 6.45) is 3.60. The van der Waals surface area contributed by atoms with E-state index in [1.54, 1.807) is 0 Å². The molecule has 2 nitrogen and oxygen atoms in total. The van der Waals surface area contributed by atoms with Crippen molar-refractivity contribution in [2.75, 3.05) is 19.6 Å². The van der Waals surface area contributed by atoms with Gasteiger partial charge in [-0.15, -0.1) is 0 Å². The van der Waals surface area contributed by atoms with Gasteiger partial charge in [0, 0.05) is 35.7 Å². The molecule has 16 heavy (non-hydrogen) atoms. The fraction of sp³-hybridized carbons (Fsp3) is 0.846. The molecule has 0 radical (unpaired) electrons. The Morgan fingerprint density at radius 1 is 1.44 bits per heavy atom. The molecule has 0 aromatic rings. The number of hydrogen-bond acceptors (Lipinski definition) is 2. The summed E-state index contributed by atoms with van der Waals surface area (Å²) in [5.41, 5.74) is 0.314. The molecule has 1 N–H and O–H groups in total. The Bertz CT molecular complexity index is 236. The molecule has 3 heteroatoms. The lowest BCUT2D eigenvalue weighted by atomic mass is 9.88. The predicted molar refractivity (Wildman–Crippen MR) is 75.0 cm³/mol. The minimum atomic E-state index is 0.314. The molecule has 0 bridgehead atoms. The molecule has 1 aliphatic rings. The van der Waals surface area contributed by atoms with Crippen molar-refractivity contribution in [3.63, 3.8) is 0 Å². The van der Waals surface area contributed by atoms with Crippen molar-refractivity contribution in [2.45, 2.75) is 51.6 Å². The van der Waals surface area contributed by atoms with Gasteiger partial charge < -0.3 is 5.32 Å². The van der Waals surface area contributed by atoms with Crippen molar-refractivity contribution >= 4 is 15.9 Å². The molecule has 1 atom stereocenters. The van der Waals surface area contributed by atoms with E-state index in [2.05, 4.69) is 53.5 Å². The van der Waals surface area contributed by atoms with Crippen LogP contribution in [0.3, 0.4) is 0 Å². The van der Waals surface area contributed by atoms with Gasteiger partial charge in [-0.05, 0) is 19.3 Å².